The Morgan fingerprint density at radius 2 is 2.30 bits per heavy atom. The minimum atomic E-state index is -0.671. The highest BCUT2D eigenvalue weighted by Gasteiger charge is 1.91. The van der Waals surface area contributed by atoms with Gasteiger partial charge in [0.1, 0.15) is 0 Å². The van der Waals surface area contributed by atoms with Crippen LogP contribution >= 0.6 is 0 Å². The van der Waals surface area contributed by atoms with Gasteiger partial charge in [0.15, 0.2) is 5.83 Å². The van der Waals surface area contributed by atoms with Gasteiger partial charge in [0.05, 0.1) is 6.21 Å². The van der Waals surface area contributed by atoms with Crippen molar-refractivity contribution < 1.29 is 9.50 Å². The van der Waals surface area contributed by atoms with Crippen LogP contribution in [0.25, 0.3) is 0 Å². The average molecular weight is 144 g/mol. The third-order valence-corrected chi connectivity index (χ3v) is 0.704. The molecule has 56 valence electrons. The van der Waals surface area contributed by atoms with Crippen LogP contribution in [0.5, 0.6) is 0 Å². The van der Waals surface area contributed by atoms with Gasteiger partial charge in [-0.2, -0.15) is 0 Å². The molecule has 3 N–H and O–H groups in total. The Morgan fingerprint density at radius 1 is 1.80 bits per heavy atom. The zero-order valence-electron chi connectivity index (χ0n) is 5.63. The van der Waals surface area contributed by atoms with Crippen molar-refractivity contribution in [2.24, 2.45) is 10.7 Å². The standard InChI is InChI=1S/C6H9FN2O/c1-4(8)6(7)3-9-5(2)10/h3,10H,2,8H2,1H3/b6-4+,9-3-. The van der Waals surface area contributed by atoms with Gasteiger partial charge in [-0.05, 0) is 13.5 Å². The number of allylic oxidation sites excluding steroid dienone is 2. The first-order valence-electron chi connectivity index (χ1n) is 2.58. The zero-order valence-corrected chi connectivity index (χ0v) is 5.63. The molecule has 0 heterocycles. The lowest BCUT2D eigenvalue weighted by atomic mass is 10.4. The molecule has 0 amide bonds. The molecule has 0 aromatic rings. The van der Waals surface area contributed by atoms with Gasteiger partial charge in [0.2, 0.25) is 5.88 Å². The number of nitrogens with zero attached hydrogens (tertiary/aromatic N) is 1. The molecule has 0 aliphatic carbocycles. The number of hydrogen-bond acceptors (Lipinski definition) is 3. The van der Waals surface area contributed by atoms with Crippen LogP contribution in [-0.2, 0) is 0 Å². The van der Waals surface area contributed by atoms with E-state index in [4.69, 9.17) is 10.8 Å². The summed E-state index contributed by atoms with van der Waals surface area (Å²) in [5.41, 5.74) is 5.04. The number of aliphatic hydroxyl groups excluding tert-OH is 1. The molecule has 0 aromatic carbocycles. The summed E-state index contributed by atoms with van der Waals surface area (Å²) in [4.78, 5) is 3.17. The first-order chi connectivity index (χ1) is 4.54. The fourth-order valence-corrected chi connectivity index (χ4v) is 0.233. The lowest BCUT2D eigenvalue weighted by Gasteiger charge is -1.89. The van der Waals surface area contributed by atoms with Crippen molar-refractivity contribution in [2.75, 3.05) is 0 Å². The van der Waals surface area contributed by atoms with Gasteiger partial charge < -0.3 is 10.8 Å². The van der Waals surface area contributed by atoms with E-state index >= 15 is 0 Å². The lowest BCUT2D eigenvalue weighted by Crippen LogP contribution is -1.95. The molecule has 0 saturated carbocycles. The highest BCUT2D eigenvalue weighted by atomic mass is 19.1. The highest BCUT2D eigenvalue weighted by molar-refractivity contribution is 5.77. The molecule has 0 rings (SSSR count). The van der Waals surface area contributed by atoms with Crippen molar-refractivity contribution in [2.45, 2.75) is 6.92 Å². The molecule has 10 heavy (non-hydrogen) atoms. The van der Waals surface area contributed by atoms with E-state index in [2.05, 4.69) is 11.6 Å². The summed E-state index contributed by atoms with van der Waals surface area (Å²) >= 11 is 0. The molecule has 0 bridgehead atoms. The molecule has 0 aliphatic heterocycles. The largest absolute Gasteiger partial charge is 0.494 e. The van der Waals surface area contributed by atoms with Gasteiger partial charge in [-0.15, -0.1) is 0 Å². The first-order valence-corrected chi connectivity index (χ1v) is 2.58. The van der Waals surface area contributed by atoms with Crippen molar-refractivity contribution in [1.82, 2.24) is 0 Å². The molecular formula is C6H9FN2O. The Kier molecular flexibility index (Phi) is 3.17. The van der Waals surface area contributed by atoms with Crippen LogP contribution in [0, 0.1) is 0 Å². The summed E-state index contributed by atoms with van der Waals surface area (Å²) in [6, 6.07) is 0. The summed E-state index contributed by atoms with van der Waals surface area (Å²) in [5, 5.41) is 8.36. The predicted octanol–water partition coefficient (Wildman–Crippen LogP) is 1.25. The van der Waals surface area contributed by atoms with E-state index < -0.39 is 11.7 Å². The van der Waals surface area contributed by atoms with Gasteiger partial charge in [-0.25, -0.2) is 9.38 Å². The molecule has 4 heteroatoms. The summed E-state index contributed by atoms with van der Waals surface area (Å²) in [5.74, 6) is -1.12. The molecule has 0 unspecified atom stereocenters. The minimum Gasteiger partial charge on any atom is -0.494 e. The molecule has 0 fully saturated rings. The second-order valence-corrected chi connectivity index (χ2v) is 1.71. The summed E-state index contributed by atoms with van der Waals surface area (Å²) in [7, 11) is 0. The molecular weight excluding hydrogens is 135 g/mol. The van der Waals surface area contributed by atoms with Crippen molar-refractivity contribution in [3.8, 4) is 0 Å². The van der Waals surface area contributed by atoms with E-state index in [9.17, 15) is 4.39 Å². The van der Waals surface area contributed by atoms with Crippen LogP contribution in [-0.4, -0.2) is 11.3 Å². The number of aliphatic hydroxyl groups is 1. The third-order valence-electron chi connectivity index (χ3n) is 0.704. The molecule has 0 spiro atoms. The van der Waals surface area contributed by atoms with Gasteiger partial charge in [-0.3, -0.25) is 0 Å². The van der Waals surface area contributed by atoms with Crippen molar-refractivity contribution in [3.05, 3.63) is 24.0 Å². The van der Waals surface area contributed by atoms with Gasteiger partial charge >= 0.3 is 0 Å². The second-order valence-electron chi connectivity index (χ2n) is 1.71. The van der Waals surface area contributed by atoms with Gasteiger partial charge in [0, 0.05) is 5.70 Å². The average Bonchev–Trinajstić information content (AvgIpc) is 1.82. The Bertz CT molecular complexity index is 192. The van der Waals surface area contributed by atoms with E-state index in [-0.39, 0.29) is 5.70 Å². The first kappa shape index (κ1) is 8.68. The number of aliphatic imine (C=N–C) groups is 1. The topological polar surface area (TPSA) is 58.6 Å². The Hall–Kier alpha value is -1.32. The van der Waals surface area contributed by atoms with Crippen LogP contribution < -0.4 is 5.73 Å². The van der Waals surface area contributed by atoms with E-state index in [1.165, 1.54) is 6.92 Å². The highest BCUT2D eigenvalue weighted by Crippen LogP contribution is 1.96. The lowest BCUT2D eigenvalue weighted by molar-refractivity contribution is 0.410. The number of halogens is 1. The summed E-state index contributed by atoms with van der Waals surface area (Å²) in [6.07, 6.45) is 0.803. The molecule has 0 aliphatic rings. The van der Waals surface area contributed by atoms with E-state index in [0.717, 1.165) is 6.21 Å². The Labute approximate surface area is 58.4 Å². The Balaban J connectivity index is 4.16. The molecule has 0 radical (unpaired) electrons. The maximum absolute atomic E-state index is 12.3. The van der Waals surface area contributed by atoms with Crippen LogP contribution in [0.3, 0.4) is 0 Å². The summed E-state index contributed by atoms with van der Waals surface area (Å²) in [6.45, 7) is 4.40. The number of nitrogens with two attached hydrogens (primary N) is 1. The van der Waals surface area contributed by atoms with Crippen molar-refractivity contribution in [3.63, 3.8) is 0 Å². The molecule has 0 aromatic heterocycles. The number of rotatable bonds is 2. The fourth-order valence-electron chi connectivity index (χ4n) is 0.233. The maximum atomic E-state index is 12.3. The number of hydrogen-bond donors (Lipinski definition) is 2. The molecule has 0 atom stereocenters. The zero-order chi connectivity index (χ0) is 8.15. The molecule has 3 nitrogen and oxygen atoms in total. The monoisotopic (exact) mass is 144 g/mol. The third kappa shape index (κ3) is 3.65. The van der Waals surface area contributed by atoms with E-state index in [0.29, 0.717) is 0 Å². The van der Waals surface area contributed by atoms with Crippen molar-refractivity contribution >= 4 is 6.21 Å². The van der Waals surface area contributed by atoms with Crippen LogP contribution in [0.15, 0.2) is 29.0 Å². The normalized spacial score (nSPS) is 13.4. The van der Waals surface area contributed by atoms with Gasteiger partial charge in [-0.1, -0.05) is 0 Å². The second kappa shape index (κ2) is 3.66. The van der Waals surface area contributed by atoms with Crippen LogP contribution in [0.1, 0.15) is 6.92 Å². The molecule has 0 saturated heterocycles. The van der Waals surface area contributed by atoms with Crippen molar-refractivity contribution in [1.29, 1.82) is 0 Å². The SMILES string of the molecule is C=C(O)/N=C\C(F)=C(\C)N. The van der Waals surface area contributed by atoms with Crippen LogP contribution in [0.2, 0.25) is 0 Å². The van der Waals surface area contributed by atoms with E-state index in [1.54, 1.807) is 0 Å². The van der Waals surface area contributed by atoms with Crippen LogP contribution in [0.4, 0.5) is 4.39 Å². The summed E-state index contributed by atoms with van der Waals surface area (Å²) < 4.78 is 12.3. The van der Waals surface area contributed by atoms with E-state index in [1.807, 2.05) is 0 Å². The smallest absolute Gasteiger partial charge is 0.203 e. The van der Waals surface area contributed by atoms with Gasteiger partial charge in [0.25, 0.3) is 0 Å². The fraction of sp³-hybridized carbons (Fsp3) is 0.167. The predicted molar refractivity (Wildman–Crippen MR) is 38.3 cm³/mol. The minimum absolute atomic E-state index is 0.0185. The maximum Gasteiger partial charge on any atom is 0.203 e. The quantitative estimate of drug-likeness (QED) is 0.452. The Morgan fingerprint density at radius 3 is 2.60 bits per heavy atom.